The molecule has 2 aromatic heterocycles. The van der Waals surface area contributed by atoms with E-state index in [1.54, 1.807) is 18.7 Å². The van der Waals surface area contributed by atoms with E-state index >= 15 is 0 Å². The van der Waals surface area contributed by atoms with E-state index in [1.165, 1.54) is 11.3 Å². The Balaban J connectivity index is 2.27. The zero-order valence-electron chi connectivity index (χ0n) is 12.7. The fraction of sp³-hybridized carbons (Fsp3) is 0.500. The van der Waals surface area contributed by atoms with E-state index in [2.05, 4.69) is 29.4 Å². The zero-order chi connectivity index (χ0) is 15.4. The summed E-state index contributed by atoms with van der Waals surface area (Å²) in [6.45, 7) is 5.39. The van der Waals surface area contributed by atoms with Crippen molar-refractivity contribution in [2.24, 2.45) is 7.05 Å². The van der Waals surface area contributed by atoms with Gasteiger partial charge in [0.15, 0.2) is 5.01 Å². The molecule has 2 rings (SSSR count). The number of pyridine rings is 1. The van der Waals surface area contributed by atoms with Crippen LogP contribution in [0.4, 0.5) is 5.13 Å². The van der Waals surface area contributed by atoms with E-state index in [1.807, 2.05) is 12.1 Å². The molecule has 0 bridgehead atoms. The quantitative estimate of drug-likeness (QED) is 0.828. The number of nitrogens with zero attached hydrogens (tertiary/aromatic N) is 3. The molecule has 0 aliphatic carbocycles. The van der Waals surface area contributed by atoms with Crippen LogP contribution in [0.25, 0.3) is 10.6 Å². The van der Waals surface area contributed by atoms with Crippen molar-refractivity contribution < 1.29 is 4.74 Å². The van der Waals surface area contributed by atoms with Crippen LogP contribution in [-0.4, -0.2) is 35.0 Å². The van der Waals surface area contributed by atoms with Gasteiger partial charge in [0.05, 0.1) is 12.2 Å². The van der Waals surface area contributed by atoms with Crippen LogP contribution >= 0.6 is 11.3 Å². The van der Waals surface area contributed by atoms with Gasteiger partial charge in [0.1, 0.15) is 0 Å². The normalized spacial score (nSPS) is 11.1. The van der Waals surface area contributed by atoms with E-state index in [-0.39, 0.29) is 5.56 Å². The number of aromatic nitrogens is 3. The van der Waals surface area contributed by atoms with Crippen molar-refractivity contribution in [3.8, 4) is 10.6 Å². The Morgan fingerprint density at radius 1 is 1.38 bits per heavy atom. The predicted octanol–water partition coefficient (Wildman–Crippen LogP) is 2.09. The van der Waals surface area contributed by atoms with Crippen LogP contribution in [0.1, 0.15) is 25.5 Å². The largest absolute Gasteiger partial charge is 0.383 e. The van der Waals surface area contributed by atoms with Crippen molar-refractivity contribution in [2.75, 3.05) is 25.6 Å². The molecule has 0 unspecified atom stereocenters. The van der Waals surface area contributed by atoms with Crippen molar-refractivity contribution in [3.05, 3.63) is 28.2 Å². The molecule has 0 aliphatic rings. The lowest BCUT2D eigenvalue weighted by Crippen LogP contribution is -2.22. The number of hydrogen-bond acceptors (Lipinski definition) is 6. The summed E-state index contributed by atoms with van der Waals surface area (Å²) in [5.74, 6) is 0.303. The van der Waals surface area contributed by atoms with Gasteiger partial charge in [0, 0.05) is 26.4 Å². The van der Waals surface area contributed by atoms with Gasteiger partial charge >= 0.3 is 0 Å². The van der Waals surface area contributed by atoms with E-state index in [4.69, 9.17) is 4.74 Å². The molecule has 0 atom stereocenters. The molecule has 114 valence electrons. The molecule has 0 radical (unpaired) electrons. The lowest BCUT2D eigenvalue weighted by molar-refractivity contribution is 0.211. The molecule has 0 fully saturated rings. The molecule has 7 heteroatoms. The van der Waals surface area contributed by atoms with Gasteiger partial charge in [-0.15, -0.1) is 10.2 Å². The van der Waals surface area contributed by atoms with Crippen molar-refractivity contribution in [1.29, 1.82) is 0 Å². The Kier molecular flexibility index (Phi) is 5.08. The number of anilines is 1. The minimum absolute atomic E-state index is 0.0409. The summed E-state index contributed by atoms with van der Waals surface area (Å²) in [7, 11) is 3.44. The van der Waals surface area contributed by atoms with Crippen LogP contribution in [0, 0.1) is 0 Å². The Morgan fingerprint density at radius 2 is 2.14 bits per heavy atom. The van der Waals surface area contributed by atoms with E-state index in [0.29, 0.717) is 34.8 Å². The molecule has 6 nitrogen and oxygen atoms in total. The second-order valence-corrected chi connectivity index (χ2v) is 6.00. The molecule has 0 amide bonds. The smallest absolute Gasteiger partial charge is 0.260 e. The molecular formula is C14H20N4O2S. The summed E-state index contributed by atoms with van der Waals surface area (Å²) in [6.07, 6.45) is 0. The van der Waals surface area contributed by atoms with Gasteiger partial charge in [0.25, 0.3) is 5.56 Å². The first-order chi connectivity index (χ1) is 10.0. The molecule has 0 aliphatic heterocycles. The maximum absolute atomic E-state index is 12.4. The van der Waals surface area contributed by atoms with Crippen LogP contribution in [0.3, 0.4) is 0 Å². The van der Waals surface area contributed by atoms with Crippen molar-refractivity contribution >= 4 is 16.5 Å². The van der Waals surface area contributed by atoms with Gasteiger partial charge in [-0.25, -0.2) is 0 Å². The Labute approximate surface area is 127 Å². The Hall–Kier alpha value is -1.73. The Bertz CT molecular complexity index is 663. The molecule has 21 heavy (non-hydrogen) atoms. The van der Waals surface area contributed by atoms with Crippen LogP contribution in [0.15, 0.2) is 16.9 Å². The summed E-state index contributed by atoms with van der Waals surface area (Å²) < 4.78 is 6.65. The van der Waals surface area contributed by atoms with Crippen molar-refractivity contribution in [2.45, 2.75) is 19.8 Å². The SMILES string of the molecule is COCCNc1nnc(-c2ccc(C(C)C)n(C)c2=O)s1. The summed E-state index contributed by atoms with van der Waals surface area (Å²) in [4.78, 5) is 12.4. The maximum Gasteiger partial charge on any atom is 0.260 e. The second kappa shape index (κ2) is 6.82. The van der Waals surface area contributed by atoms with Crippen molar-refractivity contribution in [1.82, 2.24) is 14.8 Å². The van der Waals surface area contributed by atoms with Gasteiger partial charge in [-0.2, -0.15) is 0 Å². The van der Waals surface area contributed by atoms with Gasteiger partial charge in [-0.1, -0.05) is 25.2 Å². The van der Waals surface area contributed by atoms with Crippen LogP contribution in [0.5, 0.6) is 0 Å². The lowest BCUT2D eigenvalue weighted by atomic mass is 10.1. The number of nitrogens with one attached hydrogen (secondary N) is 1. The first-order valence-corrected chi connectivity index (χ1v) is 7.63. The molecule has 0 saturated carbocycles. The predicted molar refractivity (Wildman–Crippen MR) is 85.0 cm³/mol. The van der Waals surface area contributed by atoms with Crippen LogP contribution in [0.2, 0.25) is 0 Å². The summed E-state index contributed by atoms with van der Waals surface area (Å²) in [5.41, 5.74) is 1.55. The summed E-state index contributed by atoms with van der Waals surface area (Å²) >= 11 is 1.37. The summed E-state index contributed by atoms with van der Waals surface area (Å²) in [5, 5.41) is 12.6. The third-order valence-corrected chi connectivity index (χ3v) is 4.09. The van der Waals surface area contributed by atoms with Gasteiger partial charge in [-0.05, 0) is 18.1 Å². The van der Waals surface area contributed by atoms with E-state index in [0.717, 1.165) is 5.69 Å². The Morgan fingerprint density at radius 3 is 2.81 bits per heavy atom. The maximum atomic E-state index is 12.4. The number of hydrogen-bond donors (Lipinski definition) is 1. The third-order valence-electron chi connectivity index (χ3n) is 3.17. The molecular weight excluding hydrogens is 288 g/mol. The molecule has 0 aromatic carbocycles. The van der Waals surface area contributed by atoms with E-state index < -0.39 is 0 Å². The lowest BCUT2D eigenvalue weighted by Gasteiger charge is -2.11. The highest BCUT2D eigenvalue weighted by Gasteiger charge is 2.14. The highest BCUT2D eigenvalue weighted by atomic mass is 32.1. The van der Waals surface area contributed by atoms with Gasteiger partial charge in [-0.3, -0.25) is 4.79 Å². The number of methoxy groups -OCH3 is 1. The average Bonchev–Trinajstić information content (AvgIpc) is 2.90. The standard InChI is InChI=1S/C14H20N4O2S/c1-9(2)11-6-5-10(13(19)18(11)3)12-16-17-14(21-12)15-7-8-20-4/h5-6,9H,7-8H2,1-4H3,(H,15,17). The minimum Gasteiger partial charge on any atom is -0.383 e. The van der Waals surface area contributed by atoms with Crippen molar-refractivity contribution in [3.63, 3.8) is 0 Å². The molecule has 2 aromatic rings. The average molecular weight is 308 g/mol. The molecule has 0 spiro atoms. The second-order valence-electron chi connectivity index (χ2n) is 5.02. The first-order valence-electron chi connectivity index (χ1n) is 6.81. The molecule has 1 N–H and O–H groups in total. The van der Waals surface area contributed by atoms with Crippen LogP contribution < -0.4 is 10.9 Å². The van der Waals surface area contributed by atoms with Gasteiger partial charge in [0.2, 0.25) is 5.13 Å². The van der Waals surface area contributed by atoms with E-state index in [9.17, 15) is 4.79 Å². The highest BCUT2D eigenvalue weighted by Crippen LogP contribution is 2.24. The number of ether oxygens (including phenoxy) is 1. The molecule has 2 heterocycles. The first kappa shape index (κ1) is 15.7. The third kappa shape index (κ3) is 3.48. The fourth-order valence-corrected chi connectivity index (χ4v) is 2.84. The monoisotopic (exact) mass is 308 g/mol. The zero-order valence-corrected chi connectivity index (χ0v) is 13.5. The topological polar surface area (TPSA) is 69.0 Å². The van der Waals surface area contributed by atoms with Crippen LogP contribution in [-0.2, 0) is 11.8 Å². The summed E-state index contributed by atoms with van der Waals surface area (Å²) in [6, 6.07) is 3.80. The van der Waals surface area contributed by atoms with Gasteiger partial charge < -0.3 is 14.6 Å². The molecule has 0 saturated heterocycles. The highest BCUT2D eigenvalue weighted by molar-refractivity contribution is 7.18. The minimum atomic E-state index is -0.0409. The fourth-order valence-electron chi connectivity index (χ4n) is 2.06. The number of rotatable bonds is 6.